The van der Waals surface area contributed by atoms with Gasteiger partial charge < -0.3 is 4.42 Å². The van der Waals surface area contributed by atoms with Crippen molar-refractivity contribution in [1.29, 1.82) is 0 Å². The van der Waals surface area contributed by atoms with Gasteiger partial charge in [0, 0.05) is 11.3 Å². The maximum Gasteiger partial charge on any atom is 0.271 e. The van der Waals surface area contributed by atoms with Gasteiger partial charge in [-0.25, -0.2) is 21.8 Å². The zero-order valence-electron chi connectivity index (χ0n) is 18.9. The zero-order valence-corrected chi connectivity index (χ0v) is 22.1. The van der Waals surface area contributed by atoms with Crippen LogP contribution in [0.3, 0.4) is 0 Å². The van der Waals surface area contributed by atoms with Crippen molar-refractivity contribution in [2.24, 2.45) is 0 Å². The third-order valence-electron chi connectivity index (χ3n) is 5.26. The lowest BCUT2D eigenvalue weighted by molar-refractivity contribution is 0.600. The third-order valence-corrected chi connectivity index (χ3v) is 9.76. The van der Waals surface area contributed by atoms with Crippen molar-refractivity contribution in [3.63, 3.8) is 0 Å². The molecule has 3 aromatic carbocycles. The molecule has 0 amide bonds. The van der Waals surface area contributed by atoms with E-state index in [1.165, 1.54) is 24.3 Å². The van der Waals surface area contributed by atoms with Crippen molar-refractivity contribution in [3.05, 3.63) is 95.3 Å². The first-order valence-electron chi connectivity index (χ1n) is 10.7. The number of rotatable bonds is 8. The van der Waals surface area contributed by atoms with Gasteiger partial charge in [0.1, 0.15) is 9.73 Å². The maximum absolute atomic E-state index is 12.8. The van der Waals surface area contributed by atoms with E-state index in [0.717, 1.165) is 16.9 Å². The number of nitrogens with one attached hydrogen (secondary N) is 2. The Morgan fingerprint density at radius 3 is 2.16 bits per heavy atom. The number of hydrogen-bond acceptors (Lipinski definition) is 7. The average molecular weight is 572 g/mol. The van der Waals surface area contributed by atoms with Gasteiger partial charge >= 0.3 is 0 Å². The SMILES string of the molecule is C=Cc1ccc(S(=O)(=O)Nc2ccc3oc(-c4ccc(NS(=O)(=O)c5ccc(Cl)s5)cc4)nc3c2)cc1. The number of halogens is 1. The van der Waals surface area contributed by atoms with Crippen molar-refractivity contribution >= 4 is 71.5 Å². The Balaban J connectivity index is 1.34. The second-order valence-corrected chi connectivity index (χ2v) is 13.1. The first-order chi connectivity index (χ1) is 17.6. The van der Waals surface area contributed by atoms with Gasteiger partial charge in [0.25, 0.3) is 20.0 Å². The van der Waals surface area contributed by atoms with Crippen LogP contribution < -0.4 is 9.44 Å². The number of oxazole rings is 1. The van der Waals surface area contributed by atoms with Gasteiger partial charge in [-0.15, -0.1) is 11.3 Å². The molecule has 0 unspecified atom stereocenters. The fourth-order valence-electron chi connectivity index (χ4n) is 3.44. The molecule has 0 aliphatic rings. The zero-order chi connectivity index (χ0) is 26.2. The van der Waals surface area contributed by atoms with E-state index in [0.29, 0.717) is 38.3 Å². The minimum Gasteiger partial charge on any atom is -0.436 e. The number of thiophene rings is 1. The lowest BCUT2D eigenvalue weighted by atomic mass is 10.2. The summed E-state index contributed by atoms with van der Waals surface area (Å²) in [6.07, 6.45) is 1.63. The van der Waals surface area contributed by atoms with Gasteiger partial charge in [-0.2, -0.15) is 0 Å². The van der Waals surface area contributed by atoms with E-state index < -0.39 is 20.0 Å². The molecule has 12 heteroatoms. The fourth-order valence-corrected chi connectivity index (χ4v) is 7.03. The Bertz CT molecular complexity index is 1830. The number of anilines is 2. The first-order valence-corrected chi connectivity index (χ1v) is 14.8. The van der Waals surface area contributed by atoms with Crippen LogP contribution in [0.15, 0.2) is 99.0 Å². The topological polar surface area (TPSA) is 118 Å². The molecule has 0 aliphatic carbocycles. The standard InChI is InChI=1S/C25H18ClN3O5S3/c1-2-16-3-10-20(11-4-16)36(30,31)29-19-9-12-22-21(15-19)27-25(34-22)17-5-7-18(8-6-17)28-37(32,33)24-14-13-23(26)35-24/h2-15,28-29H,1H2. The molecule has 0 atom stereocenters. The molecule has 8 nitrogen and oxygen atoms in total. The van der Waals surface area contributed by atoms with Crippen LogP contribution in [0, 0.1) is 0 Å². The summed E-state index contributed by atoms with van der Waals surface area (Å²) in [5, 5.41) is 0. The molecule has 0 saturated carbocycles. The van der Waals surface area contributed by atoms with Crippen LogP contribution in [0.25, 0.3) is 28.6 Å². The van der Waals surface area contributed by atoms with E-state index in [1.54, 1.807) is 60.7 Å². The number of sulfonamides is 2. The summed E-state index contributed by atoms with van der Waals surface area (Å²) in [5.74, 6) is 0.300. The summed E-state index contributed by atoms with van der Waals surface area (Å²) in [7, 11) is -7.55. The highest BCUT2D eigenvalue weighted by Crippen LogP contribution is 2.30. The molecule has 0 bridgehead atoms. The molecule has 0 saturated heterocycles. The highest BCUT2D eigenvalue weighted by Gasteiger charge is 2.18. The molecular formula is C25H18ClN3O5S3. The number of hydrogen-bond donors (Lipinski definition) is 2. The summed E-state index contributed by atoms with van der Waals surface area (Å²) in [6, 6.07) is 20.6. The lowest BCUT2D eigenvalue weighted by Crippen LogP contribution is -2.12. The molecule has 2 N–H and O–H groups in total. The highest BCUT2D eigenvalue weighted by molar-refractivity contribution is 7.94. The van der Waals surface area contributed by atoms with Crippen molar-refractivity contribution in [3.8, 4) is 11.5 Å². The van der Waals surface area contributed by atoms with E-state index in [4.69, 9.17) is 16.0 Å². The minimum atomic E-state index is -3.80. The van der Waals surface area contributed by atoms with Gasteiger partial charge in [0.05, 0.1) is 14.9 Å². The second kappa shape index (κ2) is 9.67. The number of aromatic nitrogens is 1. The van der Waals surface area contributed by atoms with Crippen LogP contribution in [0.4, 0.5) is 11.4 Å². The van der Waals surface area contributed by atoms with Crippen molar-refractivity contribution < 1.29 is 21.3 Å². The quantitative estimate of drug-likeness (QED) is 0.221. The summed E-state index contributed by atoms with van der Waals surface area (Å²) in [6.45, 7) is 3.66. The van der Waals surface area contributed by atoms with Crippen LogP contribution in [0.2, 0.25) is 4.34 Å². The van der Waals surface area contributed by atoms with Crippen molar-refractivity contribution in [2.75, 3.05) is 9.44 Å². The van der Waals surface area contributed by atoms with Gasteiger partial charge in [-0.05, 0) is 72.3 Å². The molecular weight excluding hydrogens is 554 g/mol. The van der Waals surface area contributed by atoms with Crippen LogP contribution in [-0.4, -0.2) is 21.8 Å². The van der Waals surface area contributed by atoms with Crippen molar-refractivity contribution in [2.45, 2.75) is 9.10 Å². The predicted octanol–water partition coefficient (Wildman–Crippen LogP) is 6.45. The van der Waals surface area contributed by atoms with Crippen LogP contribution in [0.5, 0.6) is 0 Å². The maximum atomic E-state index is 12.8. The largest absolute Gasteiger partial charge is 0.436 e. The molecule has 2 heterocycles. The molecule has 188 valence electrons. The Labute approximate surface area is 222 Å². The minimum absolute atomic E-state index is 0.112. The predicted molar refractivity (Wildman–Crippen MR) is 147 cm³/mol. The third kappa shape index (κ3) is 5.39. The lowest BCUT2D eigenvalue weighted by Gasteiger charge is -2.08. The van der Waals surface area contributed by atoms with Gasteiger partial charge in [-0.3, -0.25) is 9.44 Å². The van der Waals surface area contributed by atoms with Crippen molar-refractivity contribution in [1.82, 2.24) is 4.98 Å². The summed E-state index contributed by atoms with van der Waals surface area (Å²) in [5.41, 5.74) is 3.04. The van der Waals surface area contributed by atoms with E-state index in [1.807, 2.05) is 0 Å². The molecule has 2 aromatic heterocycles. The van der Waals surface area contributed by atoms with E-state index >= 15 is 0 Å². The summed E-state index contributed by atoms with van der Waals surface area (Å²) >= 11 is 6.81. The molecule has 5 aromatic rings. The van der Waals surface area contributed by atoms with E-state index in [9.17, 15) is 16.8 Å². The second-order valence-electron chi connectivity index (χ2n) is 7.82. The smallest absolute Gasteiger partial charge is 0.271 e. The number of benzene rings is 3. The van der Waals surface area contributed by atoms with Crippen LogP contribution in [0.1, 0.15) is 5.56 Å². The molecule has 0 fully saturated rings. The Morgan fingerprint density at radius 1 is 0.838 bits per heavy atom. The van der Waals surface area contributed by atoms with E-state index in [2.05, 4.69) is 21.0 Å². The Morgan fingerprint density at radius 2 is 1.51 bits per heavy atom. The molecule has 37 heavy (non-hydrogen) atoms. The molecule has 0 aliphatic heterocycles. The monoisotopic (exact) mass is 571 g/mol. The normalized spacial score (nSPS) is 11.9. The summed E-state index contributed by atoms with van der Waals surface area (Å²) in [4.78, 5) is 4.58. The first kappa shape index (κ1) is 25.0. The number of nitrogens with zero attached hydrogens (tertiary/aromatic N) is 1. The van der Waals surface area contributed by atoms with Gasteiger partial charge in [-0.1, -0.05) is 36.4 Å². The Kier molecular flexibility index (Phi) is 6.54. The molecule has 0 spiro atoms. The summed E-state index contributed by atoms with van der Waals surface area (Å²) < 4.78 is 61.9. The van der Waals surface area contributed by atoms with Gasteiger partial charge in [0.15, 0.2) is 5.58 Å². The highest BCUT2D eigenvalue weighted by atomic mass is 35.5. The Hall–Kier alpha value is -3.64. The van der Waals surface area contributed by atoms with Gasteiger partial charge in [0.2, 0.25) is 5.89 Å². The molecule has 0 radical (unpaired) electrons. The number of fused-ring (bicyclic) bond motifs is 1. The van der Waals surface area contributed by atoms with Crippen LogP contribution in [-0.2, 0) is 20.0 Å². The van der Waals surface area contributed by atoms with E-state index in [-0.39, 0.29) is 9.10 Å². The fraction of sp³-hybridized carbons (Fsp3) is 0. The molecule has 5 rings (SSSR count). The average Bonchev–Trinajstić information content (AvgIpc) is 3.50. The van der Waals surface area contributed by atoms with Crippen LogP contribution >= 0.6 is 22.9 Å².